The monoisotopic (exact) mass is 500 g/mol. The second-order valence-electron chi connectivity index (χ2n) is 6.31. The van der Waals surface area contributed by atoms with Crippen molar-refractivity contribution < 1.29 is 8.42 Å². The summed E-state index contributed by atoms with van der Waals surface area (Å²) in [5, 5.41) is 13.4. The van der Waals surface area contributed by atoms with Gasteiger partial charge in [0, 0.05) is 23.4 Å². The van der Waals surface area contributed by atoms with Crippen LogP contribution in [-0.4, -0.2) is 39.8 Å². The molecule has 0 bridgehead atoms. The summed E-state index contributed by atoms with van der Waals surface area (Å²) in [7, 11) is -3.46. The molecular formula is C16H29IN4O2S2. The van der Waals surface area contributed by atoms with Crippen LogP contribution in [0.25, 0.3) is 0 Å². The number of sulfonamides is 1. The fourth-order valence-corrected chi connectivity index (χ4v) is 4.54. The third-order valence-electron chi connectivity index (χ3n) is 4.42. The zero-order chi connectivity index (χ0) is 17.5. The van der Waals surface area contributed by atoms with E-state index in [1.54, 1.807) is 0 Å². The van der Waals surface area contributed by atoms with Gasteiger partial charge in [0.15, 0.2) is 5.96 Å². The second kappa shape index (κ2) is 10.7. The third kappa shape index (κ3) is 7.40. The lowest BCUT2D eigenvalue weighted by Gasteiger charge is -2.35. The summed E-state index contributed by atoms with van der Waals surface area (Å²) in [6.07, 6.45) is 6.09. The van der Waals surface area contributed by atoms with Gasteiger partial charge in [-0.1, -0.05) is 25.3 Å². The Labute approximate surface area is 172 Å². The van der Waals surface area contributed by atoms with Crippen LogP contribution >= 0.6 is 35.3 Å². The van der Waals surface area contributed by atoms with E-state index in [0.717, 1.165) is 25.9 Å². The molecule has 25 heavy (non-hydrogen) atoms. The normalized spacial score (nSPS) is 17.6. The van der Waals surface area contributed by atoms with E-state index in [9.17, 15) is 8.42 Å². The summed E-state index contributed by atoms with van der Waals surface area (Å²) in [6.45, 7) is 3.70. The molecule has 1 heterocycles. The quantitative estimate of drug-likeness (QED) is 0.304. The fourth-order valence-electron chi connectivity index (χ4n) is 3.18. The molecule has 1 fully saturated rings. The molecule has 1 aromatic rings. The molecule has 0 radical (unpaired) electrons. The average molecular weight is 500 g/mol. The van der Waals surface area contributed by atoms with Crippen LogP contribution in [-0.2, 0) is 15.4 Å². The first-order valence-electron chi connectivity index (χ1n) is 8.52. The Bertz CT molecular complexity index is 627. The molecule has 1 aliphatic rings. The first-order valence-corrected chi connectivity index (χ1v) is 11.1. The predicted octanol–water partition coefficient (Wildman–Crippen LogP) is 2.41. The van der Waals surface area contributed by atoms with Crippen LogP contribution in [0.1, 0.15) is 43.9 Å². The van der Waals surface area contributed by atoms with Crippen LogP contribution in [0.15, 0.2) is 22.5 Å². The van der Waals surface area contributed by atoms with E-state index in [1.807, 2.05) is 18.3 Å². The number of halogens is 1. The summed E-state index contributed by atoms with van der Waals surface area (Å²) >= 11 is 1.81. The van der Waals surface area contributed by atoms with E-state index in [2.05, 4.69) is 28.1 Å². The molecule has 0 atom stereocenters. The molecule has 1 aromatic heterocycles. The smallest absolute Gasteiger partial charge is 0.210 e. The van der Waals surface area contributed by atoms with Crippen LogP contribution in [0, 0.1) is 0 Å². The molecule has 1 saturated carbocycles. The van der Waals surface area contributed by atoms with E-state index < -0.39 is 10.0 Å². The van der Waals surface area contributed by atoms with Crippen molar-refractivity contribution in [3.8, 4) is 0 Å². The van der Waals surface area contributed by atoms with Crippen molar-refractivity contribution in [2.75, 3.05) is 25.4 Å². The largest absolute Gasteiger partial charge is 0.357 e. The lowest BCUT2D eigenvalue weighted by atomic mass is 9.73. The number of guanidine groups is 1. The Morgan fingerprint density at radius 3 is 2.60 bits per heavy atom. The second-order valence-corrected chi connectivity index (χ2v) is 8.99. The number of nitrogens with two attached hydrogens (primary N) is 1. The Balaban J connectivity index is 0.00000312. The SMILES string of the molecule is CCNC(=NCC1(c2cccs2)CCCCC1)NCCS(N)(=O)=O.I. The first-order chi connectivity index (χ1) is 11.5. The number of thiophene rings is 1. The summed E-state index contributed by atoms with van der Waals surface area (Å²) in [6, 6.07) is 4.32. The number of nitrogens with zero attached hydrogens (tertiary/aromatic N) is 1. The highest BCUT2D eigenvalue weighted by molar-refractivity contribution is 14.0. The molecule has 1 aliphatic carbocycles. The molecule has 144 valence electrons. The van der Waals surface area contributed by atoms with Crippen molar-refractivity contribution in [2.45, 2.75) is 44.4 Å². The zero-order valence-corrected chi connectivity index (χ0v) is 18.6. The van der Waals surface area contributed by atoms with Crippen LogP contribution in [0.3, 0.4) is 0 Å². The molecule has 0 spiro atoms. The molecule has 2 rings (SSSR count). The topological polar surface area (TPSA) is 96.6 Å². The van der Waals surface area contributed by atoms with Crippen LogP contribution < -0.4 is 15.8 Å². The molecule has 0 amide bonds. The minimum atomic E-state index is -3.46. The standard InChI is InChI=1S/C16H28N4O2S2.HI/c1-2-18-15(19-10-12-24(17,21)22)20-13-16(8-4-3-5-9-16)14-7-6-11-23-14;/h6-7,11H,2-5,8-10,12-13H2,1H3,(H2,17,21,22)(H2,18,19,20);1H. The maximum absolute atomic E-state index is 11.1. The van der Waals surface area contributed by atoms with E-state index in [-0.39, 0.29) is 41.7 Å². The molecule has 4 N–H and O–H groups in total. The van der Waals surface area contributed by atoms with Gasteiger partial charge in [0.2, 0.25) is 10.0 Å². The minimum absolute atomic E-state index is 0. The van der Waals surface area contributed by atoms with Gasteiger partial charge in [-0.2, -0.15) is 0 Å². The van der Waals surface area contributed by atoms with Gasteiger partial charge in [-0.25, -0.2) is 13.6 Å². The molecule has 0 aromatic carbocycles. The van der Waals surface area contributed by atoms with Crippen molar-refractivity contribution >= 4 is 51.3 Å². The highest BCUT2D eigenvalue weighted by Crippen LogP contribution is 2.41. The van der Waals surface area contributed by atoms with E-state index in [1.165, 1.54) is 24.1 Å². The molecule has 0 aliphatic heterocycles. The summed E-state index contributed by atoms with van der Waals surface area (Å²) in [5.74, 6) is 0.552. The predicted molar refractivity (Wildman–Crippen MR) is 116 cm³/mol. The van der Waals surface area contributed by atoms with Crippen molar-refractivity contribution in [2.24, 2.45) is 10.1 Å². The van der Waals surface area contributed by atoms with Crippen molar-refractivity contribution in [1.29, 1.82) is 0 Å². The number of hydrogen-bond acceptors (Lipinski definition) is 4. The summed E-state index contributed by atoms with van der Waals surface area (Å²) < 4.78 is 22.1. The molecule has 0 saturated heterocycles. The highest BCUT2D eigenvalue weighted by Gasteiger charge is 2.34. The first kappa shape index (κ1) is 22.7. The Morgan fingerprint density at radius 2 is 2.04 bits per heavy atom. The van der Waals surface area contributed by atoms with Crippen molar-refractivity contribution in [3.05, 3.63) is 22.4 Å². The Morgan fingerprint density at radius 1 is 1.32 bits per heavy atom. The number of hydrogen-bond donors (Lipinski definition) is 3. The third-order valence-corrected chi connectivity index (χ3v) is 6.31. The zero-order valence-electron chi connectivity index (χ0n) is 14.7. The highest BCUT2D eigenvalue weighted by atomic mass is 127. The van der Waals surface area contributed by atoms with Gasteiger partial charge in [0.25, 0.3) is 0 Å². The van der Waals surface area contributed by atoms with Gasteiger partial charge >= 0.3 is 0 Å². The maximum Gasteiger partial charge on any atom is 0.210 e. The van der Waals surface area contributed by atoms with E-state index >= 15 is 0 Å². The summed E-state index contributed by atoms with van der Waals surface area (Å²) in [5.41, 5.74) is 0.120. The number of nitrogens with one attached hydrogen (secondary N) is 2. The lowest BCUT2D eigenvalue weighted by Crippen LogP contribution is -2.42. The van der Waals surface area contributed by atoms with Gasteiger partial charge in [-0.05, 0) is 31.2 Å². The van der Waals surface area contributed by atoms with Gasteiger partial charge in [-0.3, -0.25) is 4.99 Å². The van der Waals surface area contributed by atoms with Crippen LogP contribution in [0.5, 0.6) is 0 Å². The summed E-state index contributed by atoms with van der Waals surface area (Å²) in [4.78, 5) is 6.16. The number of aliphatic imine (C=N–C) groups is 1. The number of primary sulfonamides is 1. The molecule has 0 unspecified atom stereocenters. The maximum atomic E-state index is 11.1. The number of rotatable bonds is 7. The Kier molecular flexibility index (Phi) is 9.68. The average Bonchev–Trinajstić information content (AvgIpc) is 3.07. The van der Waals surface area contributed by atoms with Gasteiger partial charge in [0.1, 0.15) is 0 Å². The van der Waals surface area contributed by atoms with Gasteiger partial charge in [-0.15, -0.1) is 35.3 Å². The lowest BCUT2D eigenvalue weighted by molar-refractivity contribution is 0.306. The molecule has 9 heteroatoms. The van der Waals surface area contributed by atoms with Crippen LogP contribution in [0.4, 0.5) is 0 Å². The van der Waals surface area contributed by atoms with Crippen LogP contribution in [0.2, 0.25) is 0 Å². The minimum Gasteiger partial charge on any atom is -0.357 e. The molecular weight excluding hydrogens is 471 g/mol. The Hall–Kier alpha value is -0.390. The molecule has 6 nitrogen and oxygen atoms in total. The van der Waals surface area contributed by atoms with E-state index in [4.69, 9.17) is 10.1 Å². The van der Waals surface area contributed by atoms with Gasteiger partial charge < -0.3 is 10.6 Å². The van der Waals surface area contributed by atoms with Crippen molar-refractivity contribution in [1.82, 2.24) is 10.6 Å². The van der Waals surface area contributed by atoms with Gasteiger partial charge in [0.05, 0.1) is 12.3 Å². The van der Waals surface area contributed by atoms with E-state index in [0.29, 0.717) is 5.96 Å². The van der Waals surface area contributed by atoms with Crippen molar-refractivity contribution in [3.63, 3.8) is 0 Å². The fraction of sp³-hybridized carbons (Fsp3) is 0.688.